The van der Waals surface area contributed by atoms with E-state index in [9.17, 15) is 19.8 Å². The van der Waals surface area contributed by atoms with Crippen molar-refractivity contribution in [2.45, 2.75) is 296 Å². The van der Waals surface area contributed by atoms with Gasteiger partial charge in [0.05, 0.1) is 25.4 Å². The second-order valence-corrected chi connectivity index (χ2v) is 17.9. The average molecular weight is 820 g/mol. The zero-order chi connectivity index (χ0) is 42.3. The highest BCUT2D eigenvalue weighted by Gasteiger charge is 2.20. The minimum Gasteiger partial charge on any atom is -0.466 e. The van der Waals surface area contributed by atoms with Gasteiger partial charge < -0.3 is 20.3 Å². The van der Waals surface area contributed by atoms with E-state index in [4.69, 9.17) is 4.74 Å². The topological polar surface area (TPSA) is 95.9 Å². The number of aliphatic hydroxyl groups is 2. The fraction of sp³-hybridized carbons (Fsp3) is 0.923. The smallest absolute Gasteiger partial charge is 0.305 e. The summed E-state index contributed by atoms with van der Waals surface area (Å²) < 4.78 is 5.47. The summed E-state index contributed by atoms with van der Waals surface area (Å²) in [6.07, 6.45) is 54.7. The lowest BCUT2D eigenvalue weighted by molar-refractivity contribution is -0.143. The van der Waals surface area contributed by atoms with E-state index in [1.165, 1.54) is 180 Å². The van der Waals surface area contributed by atoms with Crippen LogP contribution in [0.4, 0.5) is 0 Å². The Morgan fingerprint density at radius 3 is 1.24 bits per heavy atom. The molecule has 0 aromatic rings. The van der Waals surface area contributed by atoms with Crippen LogP contribution in [0.3, 0.4) is 0 Å². The van der Waals surface area contributed by atoms with Crippen molar-refractivity contribution in [3.8, 4) is 0 Å². The molecule has 1 amide bonds. The molecule has 0 saturated carbocycles. The van der Waals surface area contributed by atoms with Gasteiger partial charge in [0, 0.05) is 12.8 Å². The summed E-state index contributed by atoms with van der Waals surface area (Å²) >= 11 is 0. The molecule has 6 heteroatoms. The molecule has 6 nitrogen and oxygen atoms in total. The van der Waals surface area contributed by atoms with Crippen molar-refractivity contribution in [3.63, 3.8) is 0 Å². The first-order valence-electron chi connectivity index (χ1n) is 25.9. The molecule has 0 bridgehead atoms. The maximum absolute atomic E-state index is 12.4. The number of esters is 1. The number of rotatable bonds is 48. The molecule has 0 radical (unpaired) electrons. The number of ether oxygens (including phenoxy) is 1. The molecular formula is C52H101NO5. The van der Waals surface area contributed by atoms with Crippen molar-refractivity contribution in [3.05, 3.63) is 12.2 Å². The van der Waals surface area contributed by atoms with E-state index in [0.717, 1.165) is 70.6 Å². The molecule has 0 aliphatic carbocycles. The van der Waals surface area contributed by atoms with Gasteiger partial charge in [-0.3, -0.25) is 9.59 Å². The van der Waals surface area contributed by atoms with Gasteiger partial charge in [-0.15, -0.1) is 0 Å². The minimum atomic E-state index is -0.679. The Kier molecular flexibility index (Phi) is 47.1. The number of aliphatic hydroxyl groups excluding tert-OH is 2. The van der Waals surface area contributed by atoms with Crippen LogP contribution < -0.4 is 5.32 Å². The van der Waals surface area contributed by atoms with E-state index in [2.05, 4.69) is 31.3 Å². The number of carbonyl (C=O) groups is 2. The second-order valence-electron chi connectivity index (χ2n) is 17.9. The van der Waals surface area contributed by atoms with E-state index in [-0.39, 0.29) is 18.5 Å². The molecule has 0 saturated heterocycles. The monoisotopic (exact) mass is 820 g/mol. The fourth-order valence-electron chi connectivity index (χ4n) is 8.05. The zero-order valence-corrected chi connectivity index (χ0v) is 39.0. The molecule has 0 aromatic heterocycles. The lowest BCUT2D eigenvalue weighted by Gasteiger charge is -2.22. The van der Waals surface area contributed by atoms with Crippen LogP contribution >= 0.6 is 0 Å². The molecule has 0 heterocycles. The second kappa shape index (κ2) is 48.3. The number of hydrogen-bond acceptors (Lipinski definition) is 5. The Labute approximate surface area is 361 Å². The first kappa shape index (κ1) is 56.6. The summed E-state index contributed by atoms with van der Waals surface area (Å²) in [7, 11) is 0. The summed E-state index contributed by atoms with van der Waals surface area (Å²) in [6, 6.07) is -0.559. The summed E-state index contributed by atoms with van der Waals surface area (Å²) in [5.41, 5.74) is 0. The van der Waals surface area contributed by atoms with Gasteiger partial charge in [-0.1, -0.05) is 231 Å². The Hall–Kier alpha value is -1.40. The molecular weight excluding hydrogens is 719 g/mol. The van der Waals surface area contributed by atoms with Gasteiger partial charge in [-0.25, -0.2) is 0 Å². The number of carbonyl (C=O) groups excluding carboxylic acids is 2. The summed E-state index contributed by atoms with van der Waals surface area (Å²) in [5.74, 6) is -0.0740. The van der Waals surface area contributed by atoms with Crippen molar-refractivity contribution in [1.29, 1.82) is 0 Å². The fourth-order valence-corrected chi connectivity index (χ4v) is 8.05. The van der Waals surface area contributed by atoms with Crippen molar-refractivity contribution in [2.75, 3.05) is 13.2 Å². The molecule has 0 aromatic carbocycles. The Morgan fingerprint density at radius 2 is 0.810 bits per heavy atom. The Balaban J connectivity index is 3.45. The molecule has 2 unspecified atom stereocenters. The quantitative estimate of drug-likeness (QED) is 0.0323. The number of hydrogen-bond donors (Lipinski definition) is 3. The standard InChI is InChI=1S/C52H101NO5/c1-3-5-7-9-11-13-15-16-17-18-19-22-26-30-34-38-42-46-52(57)58-47-43-39-35-31-27-23-20-21-25-29-33-37-41-45-51(56)53-49(48-54)50(55)44-40-36-32-28-24-14-12-10-8-6-4-2/h21,25,49-50,54-55H,3-20,22-24,26-48H2,1-2H3,(H,53,56)/b25-21-. The summed E-state index contributed by atoms with van der Waals surface area (Å²) in [6.45, 7) is 4.91. The third-order valence-electron chi connectivity index (χ3n) is 12.1. The van der Waals surface area contributed by atoms with Gasteiger partial charge in [-0.2, -0.15) is 0 Å². The summed E-state index contributed by atoms with van der Waals surface area (Å²) in [5, 5.41) is 23.1. The molecule has 0 spiro atoms. The largest absolute Gasteiger partial charge is 0.466 e. The van der Waals surface area contributed by atoms with Crippen LogP contribution in [-0.4, -0.2) is 47.4 Å². The number of unbranched alkanes of at least 4 members (excludes halogenated alkanes) is 35. The van der Waals surface area contributed by atoms with E-state index in [1.54, 1.807) is 0 Å². The van der Waals surface area contributed by atoms with Gasteiger partial charge >= 0.3 is 5.97 Å². The van der Waals surface area contributed by atoms with Gasteiger partial charge in [0.2, 0.25) is 5.91 Å². The number of amides is 1. The molecule has 0 fully saturated rings. The average Bonchev–Trinajstić information content (AvgIpc) is 3.22. The molecule has 0 rings (SSSR count). The molecule has 0 aliphatic rings. The maximum Gasteiger partial charge on any atom is 0.305 e. The highest BCUT2D eigenvalue weighted by atomic mass is 16.5. The van der Waals surface area contributed by atoms with Crippen molar-refractivity contribution in [1.82, 2.24) is 5.32 Å². The van der Waals surface area contributed by atoms with Gasteiger partial charge in [0.15, 0.2) is 0 Å². The lowest BCUT2D eigenvalue weighted by atomic mass is 10.0. The zero-order valence-electron chi connectivity index (χ0n) is 39.0. The lowest BCUT2D eigenvalue weighted by Crippen LogP contribution is -2.45. The van der Waals surface area contributed by atoms with Crippen LogP contribution in [0.2, 0.25) is 0 Å². The van der Waals surface area contributed by atoms with Gasteiger partial charge in [-0.05, 0) is 51.4 Å². The van der Waals surface area contributed by atoms with Crippen molar-refractivity contribution in [2.24, 2.45) is 0 Å². The van der Waals surface area contributed by atoms with E-state index in [1.807, 2.05) is 0 Å². The van der Waals surface area contributed by atoms with Crippen LogP contribution in [0, 0.1) is 0 Å². The first-order valence-corrected chi connectivity index (χ1v) is 25.9. The first-order chi connectivity index (χ1) is 28.5. The van der Waals surface area contributed by atoms with Crippen LogP contribution in [0.15, 0.2) is 12.2 Å². The normalized spacial score (nSPS) is 12.7. The van der Waals surface area contributed by atoms with Crippen LogP contribution in [0.1, 0.15) is 284 Å². The number of allylic oxidation sites excluding steroid dienone is 2. The molecule has 2 atom stereocenters. The van der Waals surface area contributed by atoms with E-state index in [0.29, 0.717) is 25.9 Å². The molecule has 0 aliphatic heterocycles. The van der Waals surface area contributed by atoms with Crippen LogP contribution in [0.5, 0.6) is 0 Å². The highest BCUT2D eigenvalue weighted by molar-refractivity contribution is 5.76. The molecule has 3 N–H and O–H groups in total. The predicted octanol–water partition coefficient (Wildman–Crippen LogP) is 15.3. The van der Waals surface area contributed by atoms with Crippen molar-refractivity contribution >= 4 is 11.9 Å². The van der Waals surface area contributed by atoms with E-state index >= 15 is 0 Å². The van der Waals surface area contributed by atoms with E-state index < -0.39 is 12.1 Å². The van der Waals surface area contributed by atoms with Gasteiger partial charge in [0.1, 0.15) is 0 Å². The highest BCUT2D eigenvalue weighted by Crippen LogP contribution is 2.16. The third-order valence-corrected chi connectivity index (χ3v) is 12.1. The molecule has 58 heavy (non-hydrogen) atoms. The minimum absolute atomic E-state index is 0.00873. The van der Waals surface area contributed by atoms with Crippen LogP contribution in [-0.2, 0) is 14.3 Å². The Bertz CT molecular complexity index is 863. The van der Waals surface area contributed by atoms with Gasteiger partial charge in [0.25, 0.3) is 0 Å². The maximum atomic E-state index is 12.4. The Morgan fingerprint density at radius 1 is 0.466 bits per heavy atom. The van der Waals surface area contributed by atoms with Crippen molar-refractivity contribution < 1.29 is 24.5 Å². The summed E-state index contributed by atoms with van der Waals surface area (Å²) in [4.78, 5) is 24.4. The molecule has 344 valence electrons. The number of nitrogens with one attached hydrogen (secondary N) is 1. The SMILES string of the molecule is CCCCCCCCCCCCCCCCCCCC(=O)OCCCCCCCC/C=C\CCCCCC(=O)NC(CO)C(O)CCCCCCCCCCCCC. The van der Waals surface area contributed by atoms with Crippen LogP contribution in [0.25, 0.3) is 0 Å². The predicted molar refractivity (Wildman–Crippen MR) is 250 cm³/mol. The third kappa shape index (κ3) is 44.2.